The fraction of sp³-hybridized carbons (Fsp3) is 0.167. The number of benzene rings is 1. The van der Waals surface area contributed by atoms with Gasteiger partial charge in [-0.2, -0.15) is 26.3 Å². The molecule has 0 bridgehead atoms. The number of hydrogen-bond donors (Lipinski definition) is 0. The topological polar surface area (TPSA) is 68.3 Å². The van der Waals surface area contributed by atoms with Gasteiger partial charge in [-0.25, -0.2) is 16.8 Å². The van der Waals surface area contributed by atoms with E-state index in [0.29, 0.717) is 11.6 Å². The van der Waals surface area contributed by atoms with Crippen LogP contribution < -0.4 is 0 Å². The zero-order valence-corrected chi connectivity index (χ0v) is 13.0. The largest absolute Gasteiger partial charge is 0.502 e. The number of sulfone groups is 2. The second-order valence-electron chi connectivity index (χ2n) is 4.15. The first-order valence-electron chi connectivity index (χ1n) is 5.77. The summed E-state index contributed by atoms with van der Waals surface area (Å²) in [7, 11) is -13.5. The third-order valence-electron chi connectivity index (χ3n) is 2.46. The van der Waals surface area contributed by atoms with Gasteiger partial charge in [0.2, 0.25) is 0 Å². The van der Waals surface area contributed by atoms with Crippen LogP contribution in [0.15, 0.2) is 46.7 Å². The maximum atomic E-state index is 12.5. The van der Waals surface area contributed by atoms with Crippen LogP contribution in [0.4, 0.5) is 26.3 Å². The summed E-state index contributed by atoms with van der Waals surface area (Å²) in [4.78, 5) is 0. The van der Waals surface area contributed by atoms with Gasteiger partial charge in [-0.1, -0.05) is 42.5 Å². The Morgan fingerprint density at radius 1 is 0.792 bits per heavy atom. The van der Waals surface area contributed by atoms with E-state index in [0.717, 1.165) is 6.08 Å². The van der Waals surface area contributed by atoms with Crippen molar-refractivity contribution in [3.05, 3.63) is 52.3 Å². The Morgan fingerprint density at radius 2 is 1.21 bits per heavy atom. The molecule has 134 valence electrons. The van der Waals surface area contributed by atoms with Crippen molar-refractivity contribution in [1.82, 2.24) is 0 Å². The highest BCUT2D eigenvalue weighted by molar-refractivity contribution is 8.15. The minimum absolute atomic E-state index is 0.251. The van der Waals surface area contributed by atoms with Crippen molar-refractivity contribution in [3.8, 4) is 0 Å². The van der Waals surface area contributed by atoms with Crippen LogP contribution in [0.2, 0.25) is 0 Å². The fourth-order valence-electron chi connectivity index (χ4n) is 1.35. The van der Waals surface area contributed by atoms with Crippen molar-refractivity contribution in [3.63, 3.8) is 0 Å². The van der Waals surface area contributed by atoms with Crippen LogP contribution in [-0.4, -0.2) is 27.9 Å². The zero-order valence-electron chi connectivity index (χ0n) is 11.3. The van der Waals surface area contributed by atoms with Crippen molar-refractivity contribution >= 4 is 25.8 Å². The van der Waals surface area contributed by atoms with E-state index in [1.165, 1.54) is 24.3 Å². The van der Waals surface area contributed by atoms with Crippen LogP contribution in [0.1, 0.15) is 5.56 Å². The highest BCUT2D eigenvalue weighted by Crippen LogP contribution is 2.38. The standard InChI is InChI=1S/C12H8F6O4S2/c13-11(14,15)23(19,20)10(24(21,22)12(16,17)18)8-4-7-9-5-2-1-3-6-9/h1-8H. The Kier molecular flexibility index (Phi) is 5.55. The number of alkyl halides is 6. The molecule has 4 nitrogen and oxygen atoms in total. The lowest BCUT2D eigenvalue weighted by atomic mass is 10.2. The van der Waals surface area contributed by atoms with Crippen LogP contribution in [0, 0.1) is 0 Å². The van der Waals surface area contributed by atoms with Crippen LogP contribution in [-0.2, 0) is 19.7 Å². The number of rotatable bonds is 4. The summed E-state index contributed by atoms with van der Waals surface area (Å²) < 4.78 is 117. The van der Waals surface area contributed by atoms with Gasteiger partial charge in [-0.05, 0) is 11.6 Å². The van der Waals surface area contributed by atoms with E-state index in [1.54, 1.807) is 6.07 Å². The average molecular weight is 394 g/mol. The molecular formula is C12H8F6O4S2. The Bertz CT molecular complexity index is 801. The Balaban J connectivity index is 3.52. The van der Waals surface area contributed by atoms with E-state index in [2.05, 4.69) is 0 Å². The summed E-state index contributed by atoms with van der Waals surface area (Å²) in [5.41, 5.74) is -12.1. The Morgan fingerprint density at radius 3 is 1.58 bits per heavy atom. The molecule has 0 aliphatic heterocycles. The van der Waals surface area contributed by atoms with Crippen LogP contribution in [0.3, 0.4) is 0 Å². The number of allylic oxidation sites excluding steroid dienone is 2. The summed E-state index contributed by atoms with van der Waals surface area (Å²) in [6.45, 7) is 0. The molecule has 0 saturated carbocycles. The van der Waals surface area contributed by atoms with Gasteiger partial charge in [0.05, 0.1) is 0 Å². The quantitative estimate of drug-likeness (QED) is 0.580. The first-order valence-corrected chi connectivity index (χ1v) is 8.74. The maximum absolute atomic E-state index is 12.5. The third-order valence-corrected chi connectivity index (χ3v) is 6.33. The van der Waals surface area contributed by atoms with Gasteiger partial charge in [-0.3, -0.25) is 0 Å². The van der Waals surface area contributed by atoms with Crippen molar-refractivity contribution < 1.29 is 43.2 Å². The highest BCUT2D eigenvalue weighted by Gasteiger charge is 2.59. The maximum Gasteiger partial charge on any atom is 0.502 e. The van der Waals surface area contributed by atoms with E-state index in [9.17, 15) is 43.2 Å². The van der Waals surface area contributed by atoms with E-state index < -0.39 is 34.9 Å². The van der Waals surface area contributed by atoms with Gasteiger partial charge in [0, 0.05) is 0 Å². The van der Waals surface area contributed by atoms with Gasteiger partial charge in [0.1, 0.15) is 0 Å². The van der Waals surface area contributed by atoms with E-state index in [1.807, 2.05) is 0 Å². The van der Waals surface area contributed by atoms with Crippen molar-refractivity contribution in [1.29, 1.82) is 0 Å². The second-order valence-corrected chi connectivity index (χ2v) is 8.23. The fourth-order valence-corrected chi connectivity index (χ4v) is 4.05. The van der Waals surface area contributed by atoms with Gasteiger partial charge < -0.3 is 0 Å². The van der Waals surface area contributed by atoms with Crippen LogP contribution in [0.25, 0.3) is 6.08 Å². The van der Waals surface area contributed by atoms with Crippen molar-refractivity contribution in [2.75, 3.05) is 0 Å². The monoisotopic (exact) mass is 394 g/mol. The smallest absolute Gasteiger partial charge is 0.214 e. The molecule has 0 aliphatic rings. The molecule has 0 amide bonds. The SMILES string of the molecule is O=S(=O)(C(=CC=Cc1ccccc1)S(=O)(=O)C(F)(F)F)C(F)(F)F. The van der Waals surface area contributed by atoms with Gasteiger partial charge in [0.25, 0.3) is 19.7 Å². The summed E-state index contributed by atoms with van der Waals surface area (Å²) in [6.07, 6.45) is 1.16. The van der Waals surface area contributed by atoms with E-state index in [4.69, 9.17) is 0 Å². The van der Waals surface area contributed by atoms with Crippen molar-refractivity contribution in [2.24, 2.45) is 0 Å². The van der Waals surface area contributed by atoms with Crippen LogP contribution >= 0.6 is 0 Å². The minimum atomic E-state index is -6.73. The average Bonchev–Trinajstić information content (AvgIpc) is 2.41. The minimum Gasteiger partial charge on any atom is -0.214 e. The molecular weight excluding hydrogens is 386 g/mol. The molecule has 1 aromatic rings. The molecule has 0 N–H and O–H groups in total. The second kappa shape index (κ2) is 6.59. The first-order chi connectivity index (χ1) is 10.7. The molecule has 0 saturated heterocycles. The molecule has 0 heterocycles. The molecule has 0 unspecified atom stereocenters. The lowest BCUT2D eigenvalue weighted by Gasteiger charge is -2.13. The number of hydrogen-bond acceptors (Lipinski definition) is 4. The molecule has 0 aliphatic carbocycles. The molecule has 1 rings (SSSR count). The first kappa shape index (κ1) is 20.2. The summed E-state index contributed by atoms with van der Waals surface area (Å²) in [5, 5.41) is 0. The molecule has 12 heteroatoms. The Labute approximate surface area is 132 Å². The summed E-state index contributed by atoms with van der Waals surface area (Å²) in [5.74, 6) is 0. The van der Waals surface area contributed by atoms with Crippen molar-refractivity contribution in [2.45, 2.75) is 11.0 Å². The summed E-state index contributed by atoms with van der Waals surface area (Å²) in [6, 6.07) is 7.36. The molecule has 0 fully saturated rings. The summed E-state index contributed by atoms with van der Waals surface area (Å²) >= 11 is 0. The van der Waals surface area contributed by atoms with E-state index >= 15 is 0 Å². The highest BCUT2D eigenvalue weighted by atomic mass is 32.3. The lowest BCUT2D eigenvalue weighted by Crippen LogP contribution is -2.34. The van der Waals surface area contributed by atoms with Gasteiger partial charge in [-0.15, -0.1) is 0 Å². The predicted molar refractivity (Wildman–Crippen MR) is 73.5 cm³/mol. The lowest BCUT2D eigenvalue weighted by molar-refractivity contribution is -0.0444. The van der Waals surface area contributed by atoms with E-state index in [-0.39, 0.29) is 6.08 Å². The van der Waals surface area contributed by atoms with Gasteiger partial charge >= 0.3 is 11.0 Å². The molecule has 0 atom stereocenters. The zero-order chi connectivity index (χ0) is 18.8. The predicted octanol–water partition coefficient (Wildman–Crippen LogP) is 3.41. The van der Waals surface area contributed by atoms with Gasteiger partial charge in [0.15, 0.2) is 4.24 Å². The Hall–Kier alpha value is -1.82. The van der Waals surface area contributed by atoms with Crippen LogP contribution in [0.5, 0.6) is 0 Å². The molecule has 1 aromatic carbocycles. The normalized spacial score (nSPS) is 13.9. The molecule has 0 spiro atoms. The molecule has 0 aromatic heterocycles. The third kappa shape index (κ3) is 4.17. The number of halogens is 6. The molecule has 0 radical (unpaired) electrons. The molecule has 24 heavy (non-hydrogen) atoms.